The van der Waals surface area contributed by atoms with Gasteiger partial charge in [0.25, 0.3) is 0 Å². The molecule has 1 aromatic rings. The van der Waals surface area contributed by atoms with Gasteiger partial charge in [0.15, 0.2) is 0 Å². The van der Waals surface area contributed by atoms with Gasteiger partial charge < -0.3 is 10.4 Å². The Morgan fingerprint density at radius 2 is 2.06 bits per heavy atom. The normalized spacial score (nSPS) is 14.6. The van der Waals surface area contributed by atoms with Crippen LogP contribution in [0.1, 0.15) is 26.3 Å². The Balaban J connectivity index is 2.97. The third-order valence-electron chi connectivity index (χ3n) is 3.02. The van der Waals surface area contributed by atoms with E-state index in [-0.39, 0.29) is 5.92 Å². The molecular weight excluding hydrogens is 202 g/mol. The largest absolute Gasteiger partial charge is 0.480 e. The summed E-state index contributed by atoms with van der Waals surface area (Å²) in [4.78, 5) is 11.3. The van der Waals surface area contributed by atoms with Crippen molar-refractivity contribution in [2.75, 3.05) is 5.32 Å². The minimum Gasteiger partial charge on any atom is -0.480 e. The third kappa shape index (κ3) is 2.54. The van der Waals surface area contributed by atoms with Crippen molar-refractivity contribution in [3.05, 3.63) is 29.8 Å². The van der Waals surface area contributed by atoms with Gasteiger partial charge in [-0.15, -0.1) is 0 Å². The number of aliphatic carboxylic acids is 1. The number of benzene rings is 1. The fourth-order valence-electron chi connectivity index (χ4n) is 1.47. The van der Waals surface area contributed by atoms with Gasteiger partial charge in [0.05, 0.1) is 0 Å². The van der Waals surface area contributed by atoms with Crippen LogP contribution in [0.15, 0.2) is 24.3 Å². The van der Waals surface area contributed by atoms with Crippen LogP contribution in [0.25, 0.3) is 0 Å². The Hall–Kier alpha value is -1.51. The number of carboxylic acids is 1. The Bertz CT molecular complexity index is 387. The van der Waals surface area contributed by atoms with E-state index in [9.17, 15) is 9.90 Å². The summed E-state index contributed by atoms with van der Waals surface area (Å²) in [6.07, 6.45) is 0. The minimum absolute atomic E-state index is 0.00510. The van der Waals surface area contributed by atoms with Crippen LogP contribution >= 0.6 is 0 Å². The minimum atomic E-state index is -0.937. The first-order chi connectivity index (χ1) is 7.36. The molecule has 0 aromatic heterocycles. The molecule has 0 amide bonds. The molecule has 0 heterocycles. The van der Waals surface area contributed by atoms with Crippen molar-refractivity contribution in [3.8, 4) is 0 Å². The maximum Gasteiger partial charge on any atom is 0.329 e. The molecule has 16 heavy (non-hydrogen) atoms. The summed E-state index contributed by atoms with van der Waals surface area (Å²) >= 11 is 0. The SMILES string of the molecule is Cc1cccc(NC(C)(C(=O)O)C(C)C)c1. The average molecular weight is 221 g/mol. The molecule has 0 saturated carbocycles. The highest BCUT2D eigenvalue weighted by Crippen LogP contribution is 2.23. The first-order valence-electron chi connectivity index (χ1n) is 5.44. The fourth-order valence-corrected chi connectivity index (χ4v) is 1.47. The van der Waals surface area contributed by atoms with Crippen LogP contribution in [0.2, 0.25) is 0 Å². The highest BCUT2D eigenvalue weighted by Gasteiger charge is 2.36. The zero-order chi connectivity index (χ0) is 12.3. The van der Waals surface area contributed by atoms with Crippen molar-refractivity contribution in [1.82, 2.24) is 0 Å². The van der Waals surface area contributed by atoms with Crippen LogP contribution < -0.4 is 5.32 Å². The van der Waals surface area contributed by atoms with E-state index in [0.29, 0.717) is 0 Å². The Kier molecular flexibility index (Phi) is 3.58. The van der Waals surface area contributed by atoms with Crippen LogP contribution in [-0.2, 0) is 4.79 Å². The number of carbonyl (C=O) groups is 1. The molecule has 1 atom stereocenters. The highest BCUT2D eigenvalue weighted by atomic mass is 16.4. The van der Waals surface area contributed by atoms with E-state index in [2.05, 4.69) is 5.32 Å². The summed E-state index contributed by atoms with van der Waals surface area (Å²) < 4.78 is 0. The molecule has 0 fully saturated rings. The molecule has 3 heteroatoms. The molecule has 3 nitrogen and oxygen atoms in total. The Morgan fingerprint density at radius 3 is 2.50 bits per heavy atom. The number of aryl methyl sites for hydroxylation is 1. The van der Waals surface area contributed by atoms with E-state index in [1.165, 1.54) is 0 Å². The summed E-state index contributed by atoms with van der Waals surface area (Å²) in [6, 6.07) is 7.74. The van der Waals surface area contributed by atoms with Gasteiger partial charge in [-0.05, 0) is 37.5 Å². The predicted octanol–water partition coefficient (Wildman–Crippen LogP) is 2.91. The molecule has 2 N–H and O–H groups in total. The number of hydrogen-bond acceptors (Lipinski definition) is 2. The average Bonchev–Trinajstić information content (AvgIpc) is 2.16. The lowest BCUT2D eigenvalue weighted by molar-refractivity contribution is -0.143. The van der Waals surface area contributed by atoms with Gasteiger partial charge in [-0.1, -0.05) is 26.0 Å². The van der Waals surface area contributed by atoms with E-state index in [1.54, 1.807) is 6.92 Å². The second-order valence-corrected chi connectivity index (χ2v) is 4.66. The predicted molar refractivity (Wildman–Crippen MR) is 65.7 cm³/mol. The second-order valence-electron chi connectivity index (χ2n) is 4.66. The quantitative estimate of drug-likeness (QED) is 0.822. The number of carboxylic acid groups (broad SMARTS) is 1. The van der Waals surface area contributed by atoms with Crippen molar-refractivity contribution in [3.63, 3.8) is 0 Å². The number of rotatable bonds is 4. The zero-order valence-electron chi connectivity index (χ0n) is 10.2. The molecule has 1 aromatic carbocycles. The number of hydrogen-bond donors (Lipinski definition) is 2. The maximum atomic E-state index is 11.3. The van der Waals surface area contributed by atoms with Crippen molar-refractivity contribution < 1.29 is 9.90 Å². The van der Waals surface area contributed by atoms with Crippen LogP contribution in [-0.4, -0.2) is 16.6 Å². The molecule has 1 unspecified atom stereocenters. The van der Waals surface area contributed by atoms with Crippen molar-refractivity contribution in [2.45, 2.75) is 33.2 Å². The van der Waals surface area contributed by atoms with E-state index in [4.69, 9.17) is 0 Å². The zero-order valence-corrected chi connectivity index (χ0v) is 10.2. The first-order valence-corrected chi connectivity index (χ1v) is 5.44. The Labute approximate surface area is 96.5 Å². The van der Waals surface area contributed by atoms with E-state index >= 15 is 0 Å². The van der Waals surface area contributed by atoms with Gasteiger partial charge in [-0.3, -0.25) is 0 Å². The summed E-state index contributed by atoms with van der Waals surface area (Å²) in [5.41, 5.74) is 1.02. The van der Waals surface area contributed by atoms with Crippen molar-refractivity contribution in [1.29, 1.82) is 0 Å². The highest BCUT2D eigenvalue weighted by molar-refractivity contribution is 5.82. The molecule has 0 saturated heterocycles. The van der Waals surface area contributed by atoms with Crippen LogP contribution in [0.3, 0.4) is 0 Å². The van der Waals surface area contributed by atoms with Crippen molar-refractivity contribution >= 4 is 11.7 Å². The van der Waals surface area contributed by atoms with E-state index in [1.807, 2.05) is 45.0 Å². The molecule has 1 rings (SSSR count). The molecule has 0 spiro atoms. The first kappa shape index (κ1) is 12.6. The monoisotopic (exact) mass is 221 g/mol. The maximum absolute atomic E-state index is 11.3. The van der Waals surface area contributed by atoms with Gasteiger partial charge in [0, 0.05) is 5.69 Å². The smallest absolute Gasteiger partial charge is 0.329 e. The van der Waals surface area contributed by atoms with Crippen LogP contribution in [0, 0.1) is 12.8 Å². The lowest BCUT2D eigenvalue weighted by Gasteiger charge is -2.31. The summed E-state index contributed by atoms with van der Waals surface area (Å²) in [5.74, 6) is -0.825. The summed E-state index contributed by atoms with van der Waals surface area (Å²) in [7, 11) is 0. The molecule has 0 aliphatic heterocycles. The molecule has 0 aliphatic rings. The second kappa shape index (κ2) is 4.56. The topological polar surface area (TPSA) is 49.3 Å². The molecule has 0 radical (unpaired) electrons. The van der Waals surface area contributed by atoms with E-state index in [0.717, 1.165) is 11.3 Å². The Morgan fingerprint density at radius 1 is 1.44 bits per heavy atom. The van der Waals surface area contributed by atoms with Gasteiger partial charge in [0.1, 0.15) is 5.54 Å². The molecule has 88 valence electrons. The van der Waals surface area contributed by atoms with Gasteiger partial charge in [-0.2, -0.15) is 0 Å². The van der Waals surface area contributed by atoms with Gasteiger partial charge in [0.2, 0.25) is 0 Å². The third-order valence-corrected chi connectivity index (χ3v) is 3.02. The van der Waals surface area contributed by atoms with Gasteiger partial charge >= 0.3 is 5.97 Å². The fraction of sp³-hybridized carbons (Fsp3) is 0.462. The summed E-state index contributed by atoms with van der Waals surface area (Å²) in [5, 5.41) is 12.4. The lowest BCUT2D eigenvalue weighted by Crippen LogP contribution is -2.48. The van der Waals surface area contributed by atoms with Gasteiger partial charge in [-0.25, -0.2) is 4.79 Å². The van der Waals surface area contributed by atoms with Crippen molar-refractivity contribution in [2.24, 2.45) is 5.92 Å². The molecule has 0 bridgehead atoms. The van der Waals surface area contributed by atoms with Crippen LogP contribution in [0.5, 0.6) is 0 Å². The molecular formula is C13H19NO2. The van der Waals surface area contributed by atoms with Crippen LogP contribution in [0.4, 0.5) is 5.69 Å². The van der Waals surface area contributed by atoms with E-state index < -0.39 is 11.5 Å². The molecule has 0 aliphatic carbocycles. The number of nitrogens with one attached hydrogen (secondary N) is 1. The summed E-state index contributed by atoms with van der Waals surface area (Å²) in [6.45, 7) is 7.49. The number of anilines is 1. The standard InChI is InChI=1S/C13H19NO2/c1-9(2)13(4,12(15)16)14-11-7-5-6-10(3)8-11/h5-9,14H,1-4H3,(H,15,16). The lowest BCUT2D eigenvalue weighted by atomic mass is 9.88.